The molecule has 102 valence electrons. The zero-order valence-electron chi connectivity index (χ0n) is 11.6. The summed E-state index contributed by atoms with van der Waals surface area (Å²) in [5.41, 5.74) is 0. The molecule has 3 nitrogen and oxygen atoms in total. The summed E-state index contributed by atoms with van der Waals surface area (Å²) in [7, 11) is 1.85. The first-order chi connectivity index (χ1) is 7.67. The van der Waals surface area contributed by atoms with E-state index in [4.69, 9.17) is 0 Å². The van der Waals surface area contributed by atoms with Crippen molar-refractivity contribution in [3.8, 4) is 0 Å². The fourth-order valence-corrected chi connectivity index (χ4v) is 1.96. The van der Waals surface area contributed by atoms with E-state index < -0.39 is 0 Å². The van der Waals surface area contributed by atoms with Crippen LogP contribution in [0.25, 0.3) is 0 Å². The van der Waals surface area contributed by atoms with Crippen LogP contribution in [0.2, 0.25) is 0 Å². The van der Waals surface area contributed by atoms with Crippen molar-refractivity contribution in [3.63, 3.8) is 0 Å². The Bertz CT molecular complexity index is 229. The highest BCUT2D eigenvalue weighted by Gasteiger charge is 2.36. The summed E-state index contributed by atoms with van der Waals surface area (Å²) in [6, 6.07) is 0.671. The minimum Gasteiger partial charge on any atom is -0.356 e. The number of guanidine groups is 1. The maximum absolute atomic E-state index is 4.25. The smallest absolute Gasteiger partial charge is 0.191 e. The van der Waals surface area contributed by atoms with Crippen molar-refractivity contribution in [2.45, 2.75) is 52.5 Å². The van der Waals surface area contributed by atoms with Crippen LogP contribution in [0, 0.1) is 11.8 Å². The molecule has 0 saturated heterocycles. The molecule has 0 aromatic carbocycles. The van der Waals surface area contributed by atoms with Gasteiger partial charge in [0.25, 0.3) is 0 Å². The molecular formula is C13H28IN3. The number of hydrogen-bond donors (Lipinski definition) is 2. The molecule has 0 radical (unpaired) electrons. The summed E-state index contributed by atoms with van der Waals surface area (Å²) in [5, 5.41) is 6.86. The van der Waals surface area contributed by atoms with Crippen LogP contribution in [0.1, 0.15) is 46.5 Å². The molecular weight excluding hydrogens is 325 g/mol. The van der Waals surface area contributed by atoms with Crippen molar-refractivity contribution in [2.24, 2.45) is 16.8 Å². The first-order valence-electron chi connectivity index (χ1n) is 6.64. The van der Waals surface area contributed by atoms with Gasteiger partial charge in [-0.25, -0.2) is 0 Å². The van der Waals surface area contributed by atoms with Gasteiger partial charge in [0.15, 0.2) is 5.96 Å². The molecule has 17 heavy (non-hydrogen) atoms. The highest BCUT2D eigenvalue weighted by atomic mass is 127. The molecule has 1 aliphatic carbocycles. The molecule has 2 N–H and O–H groups in total. The largest absolute Gasteiger partial charge is 0.356 e. The Labute approximate surface area is 123 Å². The molecule has 1 saturated carbocycles. The van der Waals surface area contributed by atoms with Crippen LogP contribution in [-0.4, -0.2) is 25.6 Å². The fourth-order valence-electron chi connectivity index (χ4n) is 1.96. The van der Waals surface area contributed by atoms with Gasteiger partial charge in [-0.3, -0.25) is 4.99 Å². The third-order valence-electron chi connectivity index (χ3n) is 3.14. The monoisotopic (exact) mass is 353 g/mol. The number of halogens is 1. The molecule has 2 atom stereocenters. The Balaban J connectivity index is 0.00000256. The van der Waals surface area contributed by atoms with E-state index in [0.717, 1.165) is 24.3 Å². The van der Waals surface area contributed by atoms with E-state index in [1.54, 1.807) is 0 Å². The van der Waals surface area contributed by atoms with E-state index in [9.17, 15) is 0 Å². The average Bonchev–Trinajstić information content (AvgIpc) is 2.95. The van der Waals surface area contributed by atoms with Gasteiger partial charge in [-0.15, -0.1) is 24.0 Å². The van der Waals surface area contributed by atoms with Crippen LogP contribution in [0.3, 0.4) is 0 Å². The summed E-state index contributed by atoms with van der Waals surface area (Å²) >= 11 is 0. The van der Waals surface area contributed by atoms with Gasteiger partial charge in [0.1, 0.15) is 0 Å². The molecule has 4 heteroatoms. The normalized spacial score (nSPS) is 23.2. The maximum Gasteiger partial charge on any atom is 0.191 e. The van der Waals surface area contributed by atoms with Crippen molar-refractivity contribution < 1.29 is 0 Å². The number of nitrogens with one attached hydrogen (secondary N) is 2. The van der Waals surface area contributed by atoms with Crippen molar-refractivity contribution in [3.05, 3.63) is 0 Å². The van der Waals surface area contributed by atoms with E-state index in [1.165, 1.54) is 25.7 Å². The SMILES string of the molecule is CCCC1CC1NC(=NC)NCCC(C)C.I. The lowest BCUT2D eigenvalue weighted by atomic mass is 10.1. The predicted octanol–water partition coefficient (Wildman–Crippen LogP) is 3.00. The van der Waals surface area contributed by atoms with E-state index in [0.29, 0.717) is 6.04 Å². The van der Waals surface area contributed by atoms with Crippen molar-refractivity contribution in [2.75, 3.05) is 13.6 Å². The van der Waals surface area contributed by atoms with E-state index in [-0.39, 0.29) is 24.0 Å². The van der Waals surface area contributed by atoms with Crippen LogP contribution in [-0.2, 0) is 0 Å². The van der Waals surface area contributed by atoms with E-state index >= 15 is 0 Å². The van der Waals surface area contributed by atoms with Crippen molar-refractivity contribution in [1.29, 1.82) is 0 Å². The molecule has 0 aliphatic heterocycles. The molecule has 1 aliphatic rings. The highest BCUT2D eigenvalue weighted by Crippen LogP contribution is 2.34. The summed E-state index contributed by atoms with van der Waals surface area (Å²) in [4.78, 5) is 4.25. The van der Waals surface area contributed by atoms with Crippen LogP contribution in [0.15, 0.2) is 4.99 Å². The Morgan fingerprint density at radius 3 is 2.65 bits per heavy atom. The first-order valence-corrected chi connectivity index (χ1v) is 6.64. The first kappa shape index (κ1) is 17.0. The predicted molar refractivity (Wildman–Crippen MR) is 86.2 cm³/mol. The lowest BCUT2D eigenvalue weighted by Crippen LogP contribution is -2.39. The van der Waals surface area contributed by atoms with Crippen molar-refractivity contribution in [1.82, 2.24) is 10.6 Å². The molecule has 1 fully saturated rings. The quantitative estimate of drug-likeness (QED) is 0.438. The molecule has 1 rings (SSSR count). The van der Waals surface area contributed by atoms with Gasteiger partial charge in [0.05, 0.1) is 0 Å². The molecule has 0 aromatic heterocycles. The molecule has 0 bridgehead atoms. The zero-order valence-corrected chi connectivity index (χ0v) is 14.0. The maximum atomic E-state index is 4.25. The summed E-state index contributed by atoms with van der Waals surface area (Å²) in [5.74, 6) is 2.61. The number of aliphatic imine (C=N–C) groups is 1. The molecule has 0 amide bonds. The second kappa shape index (κ2) is 9.00. The Morgan fingerprint density at radius 1 is 1.41 bits per heavy atom. The Kier molecular flexibility index (Phi) is 9.00. The summed E-state index contributed by atoms with van der Waals surface area (Å²) in [6.07, 6.45) is 5.16. The number of rotatable bonds is 6. The van der Waals surface area contributed by atoms with Crippen molar-refractivity contribution >= 4 is 29.9 Å². The minimum absolute atomic E-state index is 0. The topological polar surface area (TPSA) is 36.4 Å². The zero-order chi connectivity index (χ0) is 12.0. The lowest BCUT2D eigenvalue weighted by molar-refractivity contribution is 0.571. The second-order valence-corrected chi connectivity index (χ2v) is 5.22. The average molecular weight is 353 g/mol. The molecule has 0 aromatic rings. The second-order valence-electron chi connectivity index (χ2n) is 5.22. The molecule has 2 unspecified atom stereocenters. The summed E-state index contributed by atoms with van der Waals surface area (Å²) in [6.45, 7) is 7.76. The van der Waals surface area contributed by atoms with Gasteiger partial charge >= 0.3 is 0 Å². The molecule has 0 spiro atoms. The molecule has 0 heterocycles. The standard InChI is InChI=1S/C13H27N3.HI/c1-5-6-11-9-12(11)16-13(14-4)15-8-7-10(2)3;/h10-12H,5-9H2,1-4H3,(H2,14,15,16);1H. The summed E-state index contributed by atoms with van der Waals surface area (Å²) < 4.78 is 0. The van der Waals surface area contributed by atoms with Crippen LogP contribution in [0.4, 0.5) is 0 Å². The Morgan fingerprint density at radius 2 is 2.12 bits per heavy atom. The van der Waals surface area contributed by atoms with Gasteiger partial charge in [-0.05, 0) is 31.1 Å². The van der Waals surface area contributed by atoms with Crippen LogP contribution in [0.5, 0.6) is 0 Å². The Hall–Kier alpha value is 0. The third-order valence-corrected chi connectivity index (χ3v) is 3.14. The minimum atomic E-state index is 0. The highest BCUT2D eigenvalue weighted by molar-refractivity contribution is 14.0. The van der Waals surface area contributed by atoms with Crippen LogP contribution >= 0.6 is 24.0 Å². The van der Waals surface area contributed by atoms with Gasteiger partial charge in [0, 0.05) is 19.6 Å². The van der Waals surface area contributed by atoms with E-state index in [2.05, 4.69) is 36.4 Å². The van der Waals surface area contributed by atoms with Gasteiger partial charge in [-0.1, -0.05) is 27.2 Å². The number of hydrogen-bond acceptors (Lipinski definition) is 1. The van der Waals surface area contributed by atoms with Gasteiger partial charge in [-0.2, -0.15) is 0 Å². The fraction of sp³-hybridized carbons (Fsp3) is 0.923. The van der Waals surface area contributed by atoms with Crippen LogP contribution < -0.4 is 10.6 Å². The number of nitrogens with zero attached hydrogens (tertiary/aromatic N) is 1. The third kappa shape index (κ3) is 7.11. The lowest BCUT2D eigenvalue weighted by Gasteiger charge is -2.12. The van der Waals surface area contributed by atoms with Gasteiger partial charge in [0.2, 0.25) is 0 Å². The van der Waals surface area contributed by atoms with Gasteiger partial charge < -0.3 is 10.6 Å². The van der Waals surface area contributed by atoms with E-state index in [1.807, 2.05) is 7.05 Å².